The van der Waals surface area contributed by atoms with Crippen LogP contribution in [0.3, 0.4) is 0 Å². The Morgan fingerprint density at radius 3 is 2.75 bits per heavy atom. The zero-order chi connectivity index (χ0) is 18.0. The predicted octanol–water partition coefficient (Wildman–Crippen LogP) is 1.76. The third-order valence-corrected chi connectivity index (χ3v) is 6.51. The molecule has 0 fully saturated rings. The van der Waals surface area contributed by atoms with Gasteiger partial charge in [-0.25, -0.2) is 12.7 Å². The fraction of sp³-hybridized carbons (Fsp3) is 0.688. The van der Waals surface area contributed by atoms with Crippen molar-refractivity contribution in [3.05, 3.63) is 22.4 Å². The summed E-state index contributed by atoms with van der Waals surface area (Å²) in [5, 5.41) is 8.65. The standard InChI is InChI=1S/C16H30N4O2S2/c1-5-24(21,22)20(4)10-7-9-18-16(17-3)19-13-14(2)12-15-8-6-11-23-15/h6,8,11,14H,5,7,9-10,12-13H2,1-4H3,(H2,17,18,19). The van der Waals surface area contributed by atoms with Crippen molar-refractivity contribution in [1.82, 2.24) is 14.9 Å². The van der Waals surface area contributed by atoms with E-state index in [1.807, 2.05) is 0 Å². The number of guanidine groups is 1. The van der Waals surface area contributed by atoms with Gasteiger partial charge in [0.15, 0.2) is 5.96 Å². The summed E-state index contributed by atoms with van der Waals surface area (Å²) in [6.07, 6.45) is 1.79. The van der Waals surface area contributed by atoms with Crippen molar-refractivity contribution in [3.63, 3.8) is 0 Å². The molecule has 2 N–H and O–H groups in total. The summed E-state index contributed by atoms with van der Waals surface area (Å²) in [6, 6.07) is 4.24. The summed E-state index contributed by atoms with van der Waals surface area (Å²) in [5.41, 5.74) is 0. The molecule has 0 aliphatic rings. The lowest BCUT2D eigenvalue weighted by Gasteiger charge is -2.18. The molecule has 0 saturated carbocycles. The van der Waals surface area contributed by atoms with E-state index in [0.717, 1.165) is 25.3 Å². The van der Waals surface area contributed by atoms with Crippen LogP contribution >= 0.6 is 11.3 Å². The molecule has 8 heteroatoms. The number of hydrogen-bond donors (Lipinski definition) is 2. The summed E-state index contributed by atoms with van der Waals surface area (Å²) in [6.45, 7) is 5.91. The Morgan fingerprint density at radius 1 is 1.42 bits per heavy atom. The Morgan fingerprint density at radius 2 is 2.17 bits per heavy atom. The molecule has 0 radical (unpaired) electrons. The Labute approximate surface area is 150 Å². The average molecular weight is 375 g/mol. The van der Waals surface area contributed by atoms with Crippen LogP contribution < -0.4 is 10.6 Å². The molecular formula is C16H30N4O2S2. The van der Waals surface area contributed by atoms with Gasteiger partial charge in [-0.2, -0.15) is 0 Å². The minimum atomic E-state index is -3.09. The lowest BCUT2D eigenvalue weighted by atomic mass is 10.1. The van der Waals surface area contributed by atoms with Gasteiger partial charge >= 0.3 is 0 Å². The van der Waals surface area contributed by atoms with Crippen LogP contribution in [0.1, 0.15) is 25.1 Å². The van der Waals surface area contributed by atoms with Crippen molar-refractivity contribution in [2.45, 2.75) is 26.7 Å². The lowest BCUT2D eigenvalue weighted by Crippen LogP contribution is -2.41. The van der Waals surface area contributed by atoms with E-state index in [9.17, 15) is 8.42 Å². The minimum absolute atomic E-state index is 0.141. The molecule has 138 valence electrons. The van der Waals surface area contributed by atoms with Crippen molar-refractivity contribution in [1.29, 1.82) is 0 Å². The third-order valence-electron chi connectivity index (χ3n) is 3.75. The smallest absolute Gasteiger partial charge is 0.213 e. The van der Waals surface area contributed by atoms with Crippen LogP contribution in [0.2, 0.25) is 0 Å². The molecule has 1 aromatic heterocycles. The Bertz CT molecular complexity index is 585. The zero-order valence-corrected chi connectivity index (χ0v) is 16.7. The van der Waals surface area contributed by atoms with E-state index in [4.69, 9.17) is 0 Å². The topological polar surface area (TPSA) is 73.8 Å². The molecule has 0 aliphatic carbocycles. The van der Waals surface area contributed by atoms with E-state index in [1.165, 1.54) is 9.18 Å². The first-order valence-electron chi connectivity index (χ1n) is 8.30. The van der Waals surface area contributed by atoms with Crippen LogP contribution in [0.4, 0.5) is 0 Å². The van der Waals surface area contributed by atoms with Crippen LogP contribution in [0.25, 0.3) is 0 Å². The van der Waals surface area contributed by atoms with Gasteiger partial charge in [0, 0.05) is 38.6 Å². The van der Waals surface area contributed by atoms with Gasteiger partial charge in [-0.05, 0) is 37.1 Å². The van der Waals surface area contributed by atoms with E-state index >= 15 is 0 Å². The molecule has 1 atom stereocenters. The van der Waals surface area contributed by atoms with Crippen LogP contribution in [-0.2, 0) is 16.4 Å². The lowest BCUT2D eigenvalue weighted by molar-refractivity contribution is 0.461. The van der Waals surface area contributed by atoms with E-state index < -0.39 is 10.0 Å². The first-order valence-corrected chi connectivity index (χ1v) is 10.8. The van der Waals surface area contributed by atoms with Gasteiger partial charge < -0.3 is 10.6 Å². The van der Waals surface area contributed by atoms with Gasteiger partial charge in [-0.3, -0.25) is 4.99 Å². The fourth-order valence-corrected chi connectivity index (χ4v) is 3.92. The largest absolute Gasteiger partial charge is 0.356 e. The highest BCUT2D eigenvalue weighted by Crippen LogP contribution is 2.13. The van der Waals surface area contributed by atoms with Crippen LogP contribution in [0.5, 0.6) is 0 Å². The fourth-order valence-electron chi connectivity index (χ4n) is 2.20. The molecule has 24 heavy (non-hydrogen) atoms. The van der Waals surface area contributed by atoms with Crippen LogP contribution in [-0.4, -0.2) is 58.2 Å². The summed E-state index contributed by atoms with van der Waals surface area (Å²) >= 11 is 1.79. The van der Waals surface area contributed by atoms with E-state index in [2.05, 4.69) is 40.1 Å². The normalized spacial score (nSPS) is 14.0. The van der Waals surface area contributed by atoms with Crippen molar-refractivity contribution in [2.24, 2.45) is 10.9 Å². The second-order valence-electron chi connectivity index (χ2n) is 5.84. The second-order valence-corrected chi connectivity index (χ2v) is 9.24. The molecule has 1 heterocycles. The number of aliphatic imine (C=N–C) groups is 1. The minimum Gasteiger partial charge on any atom is -0.356 e. The van der Waals surface area contributed by atoms with E-state index in [-0.39, 0.29) is 5.75 Å². The van der Waals surface area contributed by atoms with Crippen LogP contribution in [0.15, 0.2) is 22.5 Å². The van der Waals surface area contributed by atoms with Gasteiger partial charge in [0.05, 0.1) is 5.75 Å². The first kappa shape index (κ1) is 20.9. The highest BCUT2D eigenvalue weighted by molar-refractivity contribution is 7.89. The highest BCUT2D eigenvalue weighted by atomic mass is 32.2. The first-order chi connectivity index (χ1) is 11.4. The molecule has 0 spiro atoms. The number of thiophene rings is 1. The number of sulfonamides is 1. The van der Waals surface area contributed by atoms with Gasteiger partial charge in [0.2, 0.25) is 10.0 Å². The van der Waals surface area contributed by atoms with Crippen molar-refractivity contribution < 1.29 is 8.42 Å². The second kappa shape index (κ2) is 10.7. The quantitative estimate of drug-likeness (QED) is 0.372. The molecule has 0 bridgehead atoms. The molecule has 1 unspecified atom stereocenters. The Kier molecular flexibility index (Phi) is 9.31. The summed E-state index contributed by atoms with van der Waals surface area (Å²) in [4.78, 5) is 5.60. The van der Waals surface area contributed by atoms with Crippen molar-refractivity contribution in [2.75, 3.05) is 39.5 Å². The van der Waals surface area contributed by atoms with Gasteiger partial charge in [-0.15, -0.1) is 11.3 Å². The highest BCUT2D eigenvalue weighted by Gasteiger charge is 2.14. The Hall–Kier alpha value is -1.12. The molecule has 0 aromatic carbocycles. The number of hydrogen-bond acceptors (Lipinski definition) is 4. The summed E-state index contributed by atoms with van der Waals surface area (Å²) in [5.74, 6) is 1.42. The average Bonchev–Trinajstić information content (AvgIpc) is 3.06. The third kappa shape index (κ3) is 7.63. The molecular weight excluding hydrogens is 344 g/mol. The molecule has 1 rings (SSSR count). The van der Waals surface area contributed by atoms with E-state index in [1.54, 1.807) is 32.4 Å². The number of nitrogens with one attached hydrogen (secondary N) is 2. The molecule has 1 aromatic rings. The maximum absolute atomic E-state index is 11.7. The maximum Gasteiger partial charge on any atom is 0.213 e. The van der Waals surface area contributed by atoms with Crippen LogP contribution in [0, 0.1) is 5.92 Å². The van der Waals surface area contributed by atoms with Crippen molar-refractivity contribution in [3.8, 4) is 0 Å². The molecule has 6 nitrogen and oxygen atoms in total. The maximum atomic E-state index is 11.7. The predicted molar refractivity (Wildman–Crippen MR) is 103 cm³/mol. The zero-order valence-electron chi connectivity index (χ0n) is 15.1. The number of nitrogens with zero attached hydrogens (tertiary/aromatic N) is 2. The van der Waals surface area contributed by atoms with Gasteiger partial charge in [0.25, 0.3) is 0 Å². The Balaban J connectivity index is 2.23. The van der Waals surface area contributed by atoms with Gasteiger partial charge in [0.1, 0.15) is 0 Å². The number of rotatable bonds is 10. The van der Waals surface area contributed by atoms with Gasteiger partial charge in [-0.1, -0.05) is 13.0 Å². The summed E-state index contributed by atoms with van der Waals surface area (Å²) < 4.78 is 24.7. The SMILES string of the molecule is CCS(=O)(=O)N(C)CCCNC(=NC)NCC(C)Cc1cccs1. The monoisotopic (exact) mass is 374 g/mol. The molecule has 0 amide bonds. The molecule has 0 aliphatic heterocycles. The summed E-state index contributed by atoms with van der Waals surface area (Å²) in [7, 11) is 0.276. The van der Waals surface area contributed by atoms with E-state index in [0.29, 0.717) is 19.0 Å². The van der Waals surface area contributed by atoms with Crippen molar-refractivity contribution >= 4 is 27.3 Å². The molecule has 0 saturated heterocycles.